The highest BCUT2D eigenvalue weighted by Gasteiger charge is 2.38. The molecule has 5 heteroatoms. The minimum Gasteiger partial charge on any atom is -0.444 e. The fourth-order valence-corrected chi connectivity index (χ4v) is 3.73. The third kappa shape index (κ3) is 5.45. The Morgan fingerprint density at radius 1 is 1.24 bits per heavy atom. The molecule has 1 aliphatic carbocycles. The van der Waals surface area contributed by atoms with E-state index in [-0.39, 0.29) is 6.09 Å². The summed E-state index contributed by atoms with van der Waals surface area (Å²) in [6.45, 7) is 8.42. The zero-order chi connectivity index (χ0) is 18.0. The van der Waals surface area contributed by atoms with Crippen molar-refractivity contribution in [1.82, 2.24) is 10.2 Å². The monoisotopic (exact) mass is 408 g/mol. The van der Waals surface area contributed by atoms with Crippen LogP contribution < -0.4 is 5.32 Å². The van der Waals surface area contributed by atoms with Crippen LogP contribution in [0.5, 0.6) is 0 Å². The molecular formula is C20H29BrN2O2. The second-order valence-electron chi connectivity index (χ2n) is 8.32. The van der Waals surface area contributed by atoms with Crippen LogP contribution in [-0.4, -0.2) is 42.3 Å². The number of hydrogen-bond donors (Lipinski definition) is 1. The predicted molar refractivity (Wildman–Crippen MR) is 104 cm³/mol. The number of likely N-dealkylation sites (tertiary alicyclic amines) is 1. The summed E-state index contributed by atoms with van der Waals surface area (Å²) in [5.74, 6) is 1.32. The van der Waals surface area contributed by atoms with Crippen molar-refractivity contribution in [3.8, 4) is 0 Å². The van der Waals surface area contributed by atoms with Gasteiger partial charge in [-0.15, -0.1) is 0 Å². The lowest BCUT2D eigenvalue weighted by molar-refractivity contribution is 0.0184. The molecule has 138 valence electrons. The van der Waals surface area contributed by atoms with Crippen molar-refractivity contribution in [2.45, 2.75) is 57.6 Å². The maximum absolute atomic E-state index is 12.1. The van der Waals surface area contributed by atoms with Crippen molar-refractivity contribution in [2.75, 3.05) is 19.6 Å². The molecule has 0 spiro atoms. The van der Waals surface area contributed by atoms with Gasteiger partial charge < -0.3 is 15.0 Å². The maximum Gasteiger partial charge on any atom is 0.410 e. The molecule has 0 aromatic heterocycles. The molecule has 0 unspecified atom stereocenters. The van der Waals surface area contributed by atoms with E-state index < -0.39 is 5.60 Å². The van der Waals surface area contributed by atoms with E-state index in [0.29, 0.717) is 17.9 Å². The molecule has 1 aliphatic heterocycles. The molecule has 1 N–H and O–H groups in total. The summed E-state index contributed by atoms with van der Waals surface area (Å²) < 4.78 is 6.60. The van der Waals surface area contributed by atoms with Gasteiger partial charge >= 0.3 is 6.09 Å². The minimum absolute atomic E-state index is 0.170. The average molecular weight is 409 g/mol. The Morgan fingerprint density at radius 3 is 2.48 bits per heavy atom. The largest absolute Gasteiger partial charge is 0.444 e. The van der Waals surface area contributed by atoms with E-state index in [1.54, 1.807) is 0 Å². The molecule has 4 nitrogen and oxygen atoms in total. The summed E-state index contributed by atoms with van der Waals surface area (Å²) in [4.78, 5) is 14.0. The van der Waals surface area contributed by atoms with Crippen LogP contribution in [0.4, 0.5) is 4.79 Å². The maximum atomic E-state index is 12.1. The Hall–Kier alpha value is -1.07. The van der Waals surface area contributed by atoms with Gasteiger partial charge in [-0.3, -0.25) is 0 Å². The third-order valence-electron chi connectivity index (χ3n) is 5.02. The van der Waals surface area contributed by atoms with Gasteiger partial charge in [0.2, 0.25) is 0 Å². The summed E-state index contributed by atoms with van der Waals surface area (Å²) in [6, 6.07) is 9.30. The van der Waals surface area contributed by atoms with E-state index in [1.165, 1.54) is 12.0 Å². The van der Waals surface area contributed by atoms with Crippen LogP contribution in [-0.2, 0) is 4.74 Å². The highest BCUT2D eigenvalue weighted by molar-refractivity contribution is 9.10. The van der Waals surface area contributed by atoms with Gasteiger partial charge in [0.25, 0.3) is 0 Å². The second kappa shape index (κ2) is 7.67. The first-order chi connectivity index (χ1) is 11.8. The van der Waals surface area contributed by atoms with Crippen LogP contribution in [0.3, 0.4) is 0 Å². The minimum atomic E-state index is -0.413. The van der Waals surface area contributed by atoms with E-state index in [9.17, 15) is 4.79 Å². The number of amides is 1. The Kier molecular flexibility index (Phi) is 5.74. The number of hydrogen-bond acceptors (Lipinski definition) is 3. The van der Waals surface area contributed by atoms with Gasteiger partial charge in [-0.05, 0) is 70.2 Å². The van der Waals surface area contributed by atoms with Crippen LogP contribution in [0.2, 0.25) is 0 Å². The van der Waals surface area contributed by atoms with Crippen LogP contribution in [0, 0.1) is 5.92 Å². The number of rotatable bonds is 4. The van der Waals surface area contributed by atoms with Crippen LogP contribution in [0.25, 0.3) is 0 Å². The molecule has 1 aromatic carbocycles. The number of nitrogens with one attached hydrogen (secondary N) is 1. The summed E-state index contributed by atoms with van der Waals surface area (Å²) in [5, 5.41) is 3.73. The Labute approximate surface area is 159 Å². The van der Waals surface area contributed by atoms with Crippen molar-refractivity contribution in [2.24, 2.45) is 5.92 Å². The fourth-order valence-electron chi connectivity index (χ4n) is 3.46. The van der Waals surface area contributed by atoms with E-state index in [1.807, 2.05) is 25.7 Å². The van der Waals surface area contributed by atoms with Crippen LogP contribution in [0.15, 0.2) is 28.7 Å². The summed E-state index contributed by atoms with van der Waals surface area (Å²) in [6.07, 6.45) is 3.18. The fraction of sp³-hybridized carbons (Fsp3) is 0.650. The number of piperidine rings is 1. The van der Waals surface area contributed by atoms with Gasteiger partial charge in [0.1, 0.15) is 5.60 Å². The standard InChI is InChI=1S/C20H29BrN2O2/c1-20(2,3)25-19(24)23-10-8-14(9-11-23)13-22-18-12-17(18)15-4-6-16(21)7-5-15/h4-7,14,17-18,22H,8-13H2,1-3H3/t17-,18+/m1/s1. The first kappa shape index (κ1) is 18.7. The lowest BCUT2D eigenvalue weighted by Crippen LogP contribution is -2.43. The molecule has 1 heterocycles. The third-order valence-corrected chi connectivity index (χ3v) is 5.55. The average Bonchev–Trinajstić information content (AvgIpc) is 3.32. The molecule has 1 saturated carbocycles. The molecule has 1 aromatic rings. The van der Waals surface area contributed by atoms with E-state index in [2.05, 4.69) is 45.5 Å². The first-order valence-corrected chi connectivity index (χ1v) is 10.1. The molecule has 25 heavy (non-hydrogen) atoms. The lowest BCUT2D eigenvalue weighted by atomic mass is 9.97. The van der Waals surface area contributed by atoms with Crippen molar-refractivity contribution in [3.63, 3.8) is 0 Å². The highest BCUT2D eigenvalue weighted by Crippen LogP contribution is 2.41. The number of halogens is 1. The van der Waals surface area contributed by atoms with Crippen molar-refractivity contribution < 1.29 is 9.53 Å². The quantitative estimate of drug-likeness (QED) is 0.794. The van der Waals surface area contributed by atoms with Gasteiger partial charge in [-0.25, -0.2) is 4.79 Å². The molecular weight excluding hydrogens is 380 g/mol. The van der Waals surface area contributed by atoms with Crippen molar-refractivity contribution in [1.29, 1.82) is 0 Å². The highest BCUT2D eigenvalue weighted by atomic mass is 79.9. The number of benzene rings is 1. The van der Waals surface area contributed by atoms with E-state index in [4.69, 9.17) is 4.74 Å². The first-order valence-electron chi connectivity index (χ1n) is 9.28. The molecule has 1 saturated heterocycles. The normalized spacial score (nSPS) is 24.2. The summed E-state index contributed by atoms with van der Waals surface area (Å²) in [5.41, 5.74) is 1.02. The molecule has 2 fully saturated rings. The Balaban J connectivity index is 1.36. The molecule has 3 rings (SSSR count). The predicted octanol–water partition coefficient (Wildman–Crippen LogP) is 4.54. The molecule has 2 atom stereocenters. The molecule has 0 radical (unpaired) electrons. The number of ether oxygens (including phenoxy) is 1. The zero-order valence-electron chi connectivity index (χ0n) is 15.4. The lowest BCUT2D eigenvalue weighted by Gasteiger charge is -2.33. The van der Waals surface area contributed by atoms with Crippen molar-refractivity contribution >= 4 is 22.0 Å². The molecule has 0 bridgehead atoms. The summed E-state index contributed by atoms with van der Waals surface area (Å²) >= 11 is 3.49. The van der Waals surface area contributed by atoms with Gasteiger partial charge in [0.15, 0.2) is 0 Å². The van der Waals surface area contributed by atoms with Crippen LogP contribution >= 0.6 is 15.9 Å². The van der Waals surface area contributed by atoms with Crippen molar-refractivity contribution in [3.05, 3.63) is 34.3 Å². The smallest absolute Gasteiger partial charge is 0.410 e. The summed E-state index contributed by atoms with van der Waals surface area (Å²) in [7, 11) is 0. The molecule has 1 amide bonds. The van der Waals surface area contributed by atoms with Gasteiger partial charge in [0, 0.05) is 29.5 Å². The van der Waals surface area contributed by atoms with Gasteiger partial charge in [-0.2, -0.15) is 0 Å². The van der Waals surface area contributed by atoms with E-state index in [0.717, 1.165) is 36.9 Å². The van der Waals surface area contributed by atoms with Gasteiger partial charge in [0.05, 0.1) is 0 Å². The van der Waals surface area contributed by atoms with Gasteiger partial charge in [-0.1, -0.05) is 28.1 Å². The SMILES string of the molecule is CC(C)(C)OC(=O)N1CCC(CN[C@H]2C[C@@H]2c2ccc(Br)cc2)CC1. The number of nitrogens with zero attached hydrogens (tertiary/aromatic N) is 1. The Bertz CT molecular complexity index is 589. The number of carbonyl (C=O) groups excluding carboxylic acids is 1. The number of carbonyl (C=O) groups is 1. The Morgan fingerprint density at radius 2 is 1.88 bits per heavy atom. The van der Waals surface area contributed by atoms with E-state index >= 15 is 0 Å². The van der Waals surface area contributed by atoms with Crippen LogP contribution in [0.1, 0.15) is 51.5 Å². The topological polar surface area (TPSA) is 41.6 Å². The molecule has 2 aliphatic rings. The second-order valence-corrected chi connectivity index (χ2v) is 9.23. The zero-order valence-corrected chi connectivity index (χ0v) is 17.0.